The third kappa shape index (κ3) is 2.28. The van der Waals surface area contributed by atoms with E-state index in [-0.39, 0.29) is 5.91 Å². The first-order valence-corrected chi connectivity index (χ1v) is 7.13. The number of hydrogen-bond donors (Lipinski definition) is 2. The standard InChI is InChI=1S/C15H19NOS/c1-10-2-5-12(18)8-13(10)14(17)16-9-15(6-7-15)11-3-4-11/h2,5,8,11,18H,3-4,6-7,9H2,1H3,(H,16,17). The molecular formula is C15H19NOS. The lowest BCUT2D eigenvalue weighted by Crippen LogP contribution is -2.31. The van der Waals surface area contributed by atoms with Crippen molar-refractivity contribution in [2.75, 3.05) is 6.54 Å². The molecule has 0 heterocycles. The summed E-state index contributed by atoms with van der Waals surface area (Å²) in [7, 11) is 0. The fourth-order valence-electron chi connectivity index (χ4n) is 2.79. The highest BCUT2D eigenvalue weighted by Gasteiger charge is 2.53. The molecule has 1 aromatic rings. The van der Waals surface area contributed by atoms with Crippen LogP contribution in [0.15, 0.2) is 23.1 Å². The number of thiol groups is 1. The minimum atomic E-state index is 0.0512. The van der Waals surface area contributed by atoms with Crippen molar-refractivity contribution in [3.63, 3.8) is 0 Å². The number of nitrogens with one attached hydrogen (secondary N) is 1. The van der Waals surface area contributed by atoms with Crippen LogP contribution in [-0.4, -0.2) is 12.5 Å². The second-order valence-electron chi connectivity index (χ2n) is 5.82. The van der Waals surface area contributed by atoms with E-state index in [9.17, 15) is 4.79 Å². The molecule has 2 nitrogen and oxygen atoms in total. The van der Waals surface area contributed by atoms with Crippen LogP contribution in [0.5, 0.6) is 0 Å². The van der Waals surface area contributed by atoms with Gasteiger partial charge in [0.1, 0.15) is 0 Å². The van der Waals surface area contributed by atoms with Gasteiger partial charge < -0.3 is 5.32 Å². The smallest absolute Gasteiger partial charge is 0.251 e. The van der Waals surface area contributed by atoms with Gasteiger partial charge in [0.2, 0.25) is 0 Å². The fraction of sp³-hybridized carbons (Fsp3) is 0.533. The van der Waals surface area contributed by atoms with Gasteiger partial charge in [0.15, 0.2) is 0 Å². The summed E-state index contributed by atoms with van der Waals surface area (Å²) in [4.78, 5) is 13.0. The van der Waals surface area contributed by atoms with Gasteiger partial charge >= 0.3 is 0 Å². The Bertz CT molecular complexity index is 489. The normalized spacial score (nSPS) is 20.6. The molecule has 2 saturated carbocycles. The second-order valence-corrected chi connectivity index (χ2v) is 6.33. The Morgan fingerprint density at radius 1 is 1.44 bits per heavy atom. The summed E-state index contributed by atoms with van der Waals surface area (Å²) in [6.45, 7) is 2.82. The zero-order valence-corrected chi connectivity index (χ0v) is 11.6. The van der Waals surface area contributed by atoms with Gasteiger partial charge in [0.25, 0.3) is 5.91 Å². The number of rotatable bonds is 4. The molecule has 3 rings (SSSR count). The van der Waals surface area contributed by atoms with Gasteiger partial charge in [0, 0.05) is 17.0 Å². The van der Waals surface area contributed by atoms with Crippen LogP contribution in [0.2, 0.25) is 0 Å². The van der Waals surface area contributed by atoms with Gasteiger partial charge in [-0.3, -0.25) is 4.79 Å². The number of benzene rings is 1. The molecule has 96 valence electrons. The Hall–Kier alpha value is -0.960. The molecule has 2 fully saturated rings. The van der Waals surface area contributed by atoms with E-state index in [1.807, 2.05) is 25.1 Å². The van der Waals surface area contributed by atoms with Crippen molar-refractivity contribution in [1.82, 2.24) is 5.32 Å². The lowest BCUT2D eigenvalue weighted by atomic mass is 10.0. The zero-order valence-electron chi connectivity index (χ0n) is 10.7. The molecular weight excluding hydrogens is 242 g/mol. The minimum Gasteiger partial charge on any atom is -0.351 e. The van der Waals surface area contributed by atoms with Crippen molar-refractivity contribution in [2.24, 2.45) is 11.3 Å². The molecule has 0 radical (unpaired) electrons. The maximum absolute atomic E-state index is 12.2. The summed E-state index contributed by atoms with van der Waals surface area (Å²) in [5.74, 6) is 0.936. The molecule has 18 heavy (non-hydrogen) atoms. The van der Waals surface area contributed by atoms with Crippen LogP contribution in [0.3, 0.4) is 0 Å². The number of carbonyl (C=O) groups excluding carboxylic acids is 1. The molecule has 3 heteroatoms. The molecule has 0 unspecified atom stereocenters. The van der Waals surface area contributed by atoms with Crippen LogP contribution >= 0.6 is 12.6 Å². The molecule has 0 bridgehead atoms. The van der Waals surface area contributed by atoms with E-state index >= 15 is 0 Å². The number of hydrogen-bond acceptors (Lipinski definition) is 2. The largest absolute Gasteiger partial charge is 0.351 e. The van der Waals surface area contributed by atoms with E-state index in [1.54, 1.807) is 0 Å². The topological polar surface area (TPSA) is 29.1 Å². The molecule has 2 aliphatic rings. The molecule has 0 saturated heterocycles. The zero-order chi connectivity index (χ0) is 12.8. The van der Waals surface area contributed by atoms with E-state index in [0.717, 1.165) is 28.5 Å². The van der Waals surface area contributed by atoms with Gasteiger partial charge in [-0.25, -0.2) is 0 Å². The summed E-state index contributed by atoms with van der Waals surface area (Å²) in [6, 6.07) is 5.72. The third-order valence-electron chi connectivity index (χ3n) is 4.40. The lowest BCUT2D eigenvalue weighted by Gasteiger charge is -2.15. The van der Waals surface area contributed by atoms with Gasteiger partial charge in [-0.2, -0.15) is 0 Å². The lowest BCUT2D eigenvalue weighted by molar-refractivity contribution is 0.0942. The van der Waals surface area contributed by atoms with Crippen LogP contribution in [0.25, 0.3) is 0 Å². The van der Waals surface area contributed by atoms with Crippen molar-refractivity contribution < 1.29 is 4.79 Å². The Labute approximate surface area is 114 Å². The summed E-state index contributed by atoms with van der Waals surface area (Å²) in [5, 5.41) is 3.12. The molecule has 0 atom stereocenters. The first-order chi connectivity index (χ1) is 8.61. The van der Waals surface area contributed by atoms with Crippen LogP contribution in [-0.2, 0) is 0 Å². The minimum absolute atomic E-state index is 0.0512. The predicted octanol–water partition coefficient (Wildman–Crippen LogP) is 3.20. The Morgan fingerprint density at radius 2 is 2.17 bits per heavy atom. The third-order valence-corrected chi connectivity index (χ3v) is 4.68. The molecule has 1 amide bonds. The average molecular weight is 261 g/mol. The first-order valence-electron chi connectivity index (χ1n) is 6.69. The van der Waals surface area contributed by atoms with E-state index in [2.05, 4.69) is 17.9 Å². The number of carbonyl (C=O) groups is 1. The van der Waals surface area contributed by atoms with Gasteiger partial charge in [0.05, 0.1) is 0 Å². The van der Waals surface area contributed by atoms with E-state index in [4.69, 9.17) is 0 Å². The van der Waals surface area contributed by atoms with Crippen LogP contribution < -0.4 is 5.32 Å². The van der Waals surface area contributed by atoms with Gasteiger partial charge in [-0.15, -0.1) is 12.6 Å². The quantitative estimate of drug-likeness (QED) is 0.801. The van der Waals surface area contributed by atoms with Crippen LogP contribution in [0.4, 0.5) is 0 Å². The maximum Gasteiger partial charge on any atom is 0.251 e. The van der Waals surface area contributed by atoms with Crippen molar-refractivity contribution in [1.29, 1.82) is 0 Å². The van der Waals surface area contributed by atoms with E-state index < -0.39 is 0 Å². The molecule has 1 N–H and O–H groups in total. The summed E-state index contributed by atoms with van der Waals surface area (Å²) in [5.41, 5.74) is 2.23. The van der Waals surface area contributed by atoms with Gasteiger partial charge in [-0.1, -0.05) is 6.07 Å². The van der Waals surface area contributed by atoms with Crippen molar-refractivity contribution >= 4 is 18.5 Å². The SMILES string of the molecule is Cc1ccc(S)cc1C(=O)NCC1(C2CC2)CC1. The number of aryl methyl sites for hydroxylation is 1. The van der Waals surface area contributed by atoms with Crippen molar-refractivity contribution in [3.8, 4) is 0 Å². The van der Waals surface area contributed by atoms with Crippen LogP contribution in [0.1, 0.15) is 41.6 Å². The Balaban J connectivity index is 1.65. The molecule has 0 spiro atoms. The predicted molar refractivity (Wildman–Crippen MR) is 75.2 cm³/mol. The summed E-state index contributed by atoms with van der Waals surface area (Å²) < 4.78 is 0. The van der Waals surface area contributed by atoms with E-state index in [1.165, 1.54) is 25.7 Å². The highest BCUT2D eigenvalue weighted by atomic mass is 32.1. The Kier molecular flexibility index (Phi) is 2.89. The summed E-state index contributed by atoms with van der Waals surface area (Å²) in [6.07, 6.45) is 5.31. The fourth-order valence-corrected chi connectivity index (χ4v) is 3.00. The number of amides is 1. The average Bonchev–Trinajstić information content (AvgIpc) is 3.21. The second kappa shape index (κ2) is 4.30. The first kappa shape index (κ1) is 12.1. The Morgan fingerprint density at radius 3 is 2.78 bits per heavy atom. The highest BCUT2D eigenvalue weighted by molar-refractivity contribution is 7.80. The van der Waals surface area contributed by atoms with Crippen LogP contribution in [0, 0.1) is 18.3 Å². The molecule has 1 aromatic carbocycles. The summed E-state index contributed by atoms with van der Waals surface area (Å²) >= 11 is 4.30. The van der Waals surface area contributed by atoms with Crippen molar-refractivity contribution in [2.45, 2.75) is 37.5 Å². The molecule has 0 aliphatic heterocycles. The van der Waals surface area contributed by atoms with Gasteiger partial charge in [-0.05, 0) is 61.6 Å². The monoisotopic (exact) mass is 261 g/mol. The van der Waals surface area contributed by atoms with E-state index in [0.29, 0.717) is 5.41 Å². The molecule has 0 aromatic heterocycles. The molecule has 2 aliphatic carbocycles. The van der Waals surface area contributed by atoms with Crippen molar-refractivity contribution in [3.05, 3.63) is 29.3 Å². The highest BCUT2D eigenvalue weighted by Crippen LogP contribution is 2.60. The maximum atomic E-state index is 12.2.